The highest BCUT2D eigenvalue weighted by Crippen LogP contribution is 2.25. The smallest absolute Gasteiger partial charge is 0.205 e. The SMILES string of the molecule is CN=c1scc(-c2cccs2)n1N=Cc1c[nH]c2ccc(Br)cc12. The van der Waals surface area contributed by atoms with Crippen molar-refractivity contribution < 1.29 is 0 Å². The molecule has 0 bridgehead atoms. The predicted octanol–water partition coefficient (Wildman–Crippen LogP) is 4.93. The van der Waals surface area contributed by atoms with Gasteiger partial charge in [-0.2, -0.15) is 5.10 Å². The van der Waals surface area contributed by atoms with Crippen molar-refractivity contribution in [2.45, 2.75) is 0 Å². The molecule has 0 atom stereocenters. The molecule has 4 rings (SSSR count). The molecule has 1 N–H and O–H groups in total. The molecular weight excluding hydrogens is 404 g/mol. The lowest BCUT2D eigenvalue weighted by Crippen LogP contribution is -2.11. The van der Waals surface area contributed by atoms with Crippen LogP contribution in [-0.4, -0.2) is 22.9 Å². The van der Waals surface area contributed by atoms with Crippen molar-refractivity contribution >= 4 is 55.7 Å². The number of hydrogen-bond donors (Lipinski definition) is 1. The van der Waals surface area contributed by atoms with E-state index < -0.39 is 0 Å². The summed E-state index contributed by atoms with van der Waals surface area (Å²) in [5.74, 6) is 0. The van der Waals surface area contributed by atoms with Crippen LogP contribution < -0.4 is 4.80 Å². The molecule has 0 fully saturated rings. The standard InChI is InChI=1S/C17H13BrN4S2/c1-19-17-22(15(10-24-17)16-3-2-6-23-16)21-9-11-8-20-14-5-4-12(18)7-13(11)14/h2-10,20H,1H3. The fourth-order valence-corrected chi connectivity index (χ4v) is 4.46. The van der Waals surface area contributed by atoms with E-state index in [0.717, 1.165) is 31.4 Å². The minimum absolute atomic E-state index is 0.871. The molecule has 0 saturated heterocycles. The van der Waals surface area contributed by atoms with E-state index in [2.05, 4.69) is 54.9 Å². The topological polar surface area (TPSA) is 45.4 Å². The highest BCUT2D eigenvalue weighted by molar-refractivity contribution is 9.10. The molecule has 7 heteroatoms. The summed E-state index contributed by atoms with van der Waals surface area (Å²) in [6, 6.07) is 10.3. The Morgan fingerprint density at radius 2 is 2.17 bits per heavy atom. The molecule has 0 aliphatic heterocycles. The average Bonchev–Trinajstić information content (AvgIpc) is 3.31. The molecule has 3 heterocycles. The maximum absolute atomic E-state index is 4.69. The zero-order chi connectivity index (χ0) is 16.5. The second-order valence-corrected chi connectivity index (χ2v) is 7.79. The number of aromatic amines is 1. The van der Waals surface area contributed by atoms with Gasteiger partial charge in [-0.3, -0.25) is 4.99 Å². The van der Waals surface area contributed by atoms with Crippen LogP contribution in [0.15, 0.2) is 61.9 Å². The third-order valence-corrected chi connectivity index (χ3v) is 5.93. The molecule has 0 unspecified atom stereocenters. The van der Waals surface area contributed by atoms with Crippen molar-refractivity contribution in [2.75, 3.05) is 7.05 Å². The minimum Gasteiger partial charge on any atom is -0.361 e. The summed E-state index contributed by atoms with van der Waals surface area (Å²) in [5.41, 5.74) is 3.20. The van der Waals surface area contributed by atoms with Crippen molar-refractivity contribution in [1.29, 1.82) is 0 Å². The van der Waals surface area contributed by atoms with E-state index in [9.17, 15) is 0 Å². The first-order chi connectivity index (χ1) is 11.8. The Morgan fingerprint density at radius 3 is 2.96 bits per heavy atom. The van der Waals surface area contributed by atoms with Crippen LogP contribution in [0.1, 0.15) is 5.56 Å². The molecule has 4 aromatic rings. The molecule has 24 heavy (non-hydrogen) atoms. The first-order valence-electron chi connectivity index (χ1n) is 7.24. The van der Waals surface area contributed by atoms with Gasteiger partial charge in [0.15, 0.2) is 0 Å². The summed E-state index contributed by atoms with van der Waals surface area (Å²) in [6.07, 6.45) is 3.85. The number of nitrogens with one attached hydrogen (secondary N) is 1. The number of fused-ring (bicyclic) bond motifs is 1. The molecule has 0 radical (unpaired) electrons. The maximum Gasteiger partial charge on any atom is 0.205 e. The first kappa shape index (κ1) is 15.6. The summed E-state index contributed by atoms with van der Waals surface area (Å²) < 4.78 is 2.95. The zero-order valence-corrected chi connectivity index (χ0v) is 16.0. The summed E-state index contributed by atoms with van der Waals surface area (Å²) in [7, 11) is 1.79. The van der Waals surface area contributed by atoms with Gasteiger partial charge in [-0.25, -0.2) is 4.68 Å². The van der Waals surface area contributed by atoms with Gasteiger partial charge in [0.05, 0.1) is 16.8 Å². The van der Waals surface area contributed by atoms with Crippen LogP contribution in [0.2, 0.25) is 0 Å². The lowest BCUT2D eigenvalue weighted by atomic mass is 10.2. The summed E-state index contributed by atoms with van der Waals surface area (Å²) in [5, 5.41) is 10.00. The molecule has 0 amide bonds. The molecule has 4 nitrogen and oxygen atoms in total. The largest absolute Gasteiger partial charge is 0.361 e. The number of hydrogen-bond acceptors (Lipinski definition) is 4. The van der Waals surface area contributed by atoms with Crippen molar-refractivity contribution in [3.05, 3.63) is 62.1 Å². The van der Waals surface area contributed by atoms with Gasteiger partial charge in [0.2, 0.25) is 4.80 Å². The number of aromatic nitrogens is 2. The first-order valence-corrected chi connectivity index (χ1v) is 9.80. The monoisotopic (exact) mass is 416 g/mol. The Morgan fingerprint density at radius 1 is 1.25 bits per heavy atom. The van der Waals surface area contributed by atoms with Gasteiger partial charge in [-0.05, 0) is 29.6 Å². The summed E-state index contributed by atoms with van der Waals surface area (Å²) >= 11 is 6.82. The van der Waals surface area contributed by atoms with Crippen LogP contribution in [0.3, 0.4) is 0 Å². The predicted molar refractivity (Wildman–Crippen MR) is 106 cm³/mol. The van der Waals surface area contributed by atoms with Crippen molar-refractivity contribution in [1.82, 2.24) is 9.66 Å². The number of H-pyrrole nitrogens is 1. The van der Waals surface area contributed by atoms with Gasteiger partial charge in [-0.15, -0.1) is 22.7 Å². The van der Waals surface area contributed by atoms with Gasteiger partial charge in [0.25, 0.3) is 0 Å². The second-order valence-electron chi connectivity index (χ2n) is 5.09. The number of thiazole rings is 1. The molecule has 0 aliphatic carbocycles. The van der Waals surface area contributed by atoms with E-state index in [0.29, 0.717) is 0 Å². The number of benzene rings is 1. The highest BCUT2D eigenvalue weighted by atomic mass is 79.9. The number of thiophene rings is 1. The van der Waals surface area contributed by atoms with Crippen LogP contribution in [0.25, 0.3) is 21.5 Å². The van der Waals surface area contributed by atoms with Crippen molar-refractivity contribution in [2.24, 2.45) is 10.1 Å². The van der Waals surface area contributed by atoms with E-state index in [1.807, 2.05) is 29.2 Å². The number of nitrogens with zero attached hydrogens (tertiary/aromatic N) is 3. The summed E-state index contributed by atoms with van der Waals surface area (Å²) in [4.78, 5) is 9.66. The normalized spacial score (nSPS) is 12.7. The van der Waals surface area contributed by atoms with Crippen LogP contribution >= 0.6 is 38.6 Å². The number of halogens is 1. The molecule has 3 aromatic heterocycles. The van der Waals surface area contributed by atoms with E-state index >= 15 is 0 Å². The van der Waals surface area contributed by atoms with Crippen molar-refractivity contribution in [3.63, 3.8) is 0 Å². The van der Waals surface area contributed by atoms with E-state index in [4.69, 9.17) is 5.10 Å². The molecule has 1 aromatic carbocycles. The van der Waals surface area contributed by atoms with Crippen LogP contribution in [-0.2, 0) is 0 Å². The fourth-order valence-electron chi connectivity index (χ4n) is 2.50. The maximum atomic E-state index is 4.69. The lowest BCUT2D eigenvalue weighted by Gasteiger charge is -2.00. The fraction of sp³-hybridized carbons (Fsp3) is 0.0588. The van der Waals surface area contributed by atoms with E-state index in [-0.39, 0.29) is 0 Å². The van der Waals surface area contributed by atoms with Crippen LogP contribution in [0.4, 0.5) is 0 Å². The average molecular weight is 417 g/mol. The zero-order valence-electron chi connectivity index (χ0n) is 12.7. The van der Waals surface area contributed by atoms with Gasteiger partial charge in [0, 0.05) is 39.6 Å². The Labute approximate surface area is 155 Å². The Bertz CT molecular complexity index is 1080. The molecule has 120 valence electrons. The Hall–Kier alpha value is -1.96. The minimum atomic E-state index is 0.871. The van der Waals surface area contributed by atoms with Gasteiger partial charge < -0.3 is 4.98 Å². The van der Waals surface area contributed by atoms with E-state index in [1.54, 1.807) is 29.7 Å². The quantitative estimate of drug-likeness (QED) is 0.460. The van der Waals surface area contributed by atoms with E-state index in [1.165, 1.54) is 4.88 Å². The third kappa shape index (κ3) is 2.79. The number of rotatable bonds is 3. The molecule has 0 aliphatic rings. The molecular formula is C17H13BrN4S2. The van der Waals surface area contributed by atoms with Crippen LogP contribution in [0, 0.1) is 0 Å². The van der Waals surface area contributed by atoms with Crippen LogP contribution in [0.5, 0.6) is 0 Å². The van der Waals surface area contributed by atoms with Gasteiger partial charge in [-0.1, -0.05) is 22.0 Å². The Kier molecular flexibility index (Phi) is 4.22. The van der Waals surface area contributed by atoms with Gasteiger partial charge >= 0.3 is 0 Å². The van der Waals surface area contributed by atoms with Gasteiger partial charge in [0.1, 0.15) is 0 Å². The highest BCUT2D eigenvalue weighted by Gasteiger charge is 2.08. The van der Waals surface area contributed by atoms with Crippen molar-refractivity contribution in [3.8, 4) is 10.6 Å². The third-order valence-electron chi connectivity index (χ3n) is 3.64. The second kappa shape index (κ2) is 6.51. The summed E-state index contributed by atoms with van der Waals surface area (Å²) in [6.45, 7) is 0. The molecule has 0 spiro atoms. The molecule has 0 saturated carbocycles. The lowest BCUT2D eigenvalue weighted by molar-refractivity contribution is 0.850. The Balaban J connectivity index is 1.81.